The van der Waals surface area contributed by atoms with Crippen molar-refractivity contribution in [3.05, 3.63) is 65.2 Å². The number of benzene rings is 2. The standard InChI is InChI=1S/C21H23NO2/c22-17-20-9-7-18(8-10-20)5-6-19-11-13-21(14-12-19)24-16-4-2-1-3-15-23/h5-14,23H,1-4,15-16H2. The minimum Gasteiger partial charge on any atom is -0.494 e. The highest BCUT2D eigenvalue weighted by Gasteiger charge is 1.95. The molecule has 0 aliphatic carbocycles. The van der Waals surface area contributed by atoms with Crippen molar-refractivity contribution < 1.29 is 9.84 Å². The van der Waals surface area contributed by atoms with Crippen molar-refractivity contribution in [1.29, 1.82) is 5.26 Å². The first-order valence-corrected chi connectivity index (χ1v) is 8.34. The van der Waals surface area contributed by atoms with E-state index >= 15 is 0 Å². The van der Waals surface area contributed by atoms with Crippen LogP contribution in [-0.4, -0.2) is 18.3 Å². The van der Waals surface area contributed by atoms with Crippen LogP contribution in [0, 0.1) is 11.3 Å². The largest absolute Gasteiger partial charge is 0.494 e. The number of hydrogen-bond acceptors (Lipinski definition) is 3. The second-order valence-electron chi connectivity index (χ2n) is 5.62. The maximum Gasteiger partial charge on any atom is 0.119 e. The summed E-state index contributed by atoms with van der Waals surface area (Å²) in [6.45, 7) is 0.990. The molecule has 0 heterocycles. The van der Waals surface area contributed by atoms with Gasteiger partial charge in [-0.25, -0.2) is 0 Å². The third-order valence-corrected chi connectivity index (χ3v) is 3.71. The van der Waals surface area contributed by atoms with E-state index in [1.807, 2.05) is 60.7 Å². The van der Waals surface area contributed by atoms with E-state index < -0.39 is 0 Å². The summed E-state index contributed by atoms with van der Waals surface area (Å²) in [4.78, 5) is 0. The van der Waals surface area contributed by atoms with Gasteiger partial charge in [0.2, 0.25) is 0 Å². The van der Waals surface area contributed by atoms with Gasteiger partial charge < -0.3 is 9.84 Å². The number of aliphatic hydroxyl groups excluding tert-OH is 1. The molecule has 0 unspecified atom stereocenters. The van der Waals surface area contributed by atoms with Gasteiger partial charge in [-0.05, 0) is 54.7 Å². The third-order valence-electron chi connectivity index (χ3n) is 3.71. The van der Waals surface area contributed by atoms with E-state index in [-0.39, 0.29) is 6.61 Å². The lowest BCUT2D eigenvalue weighted by Gasteiger charge is -2.06. The number of ether oxygens (including phenoxy) is 1. The zero-order valence-corrected chi connectivity index (χ0v) is 13.8. The lowest BCUT2D eigenvalue weighted by molar-refractivity contribution is 0.273. The Morgan fingerprint density at radius 1 is 0.833 bits per heavy atom. The number of nitriles is 1. The molecular weight excluding hydrogens is 298 g/mol. The fourth-order valence-electron chi connectivity index (χ4n) is 2.29. The monoisotopic (exact) mass is 321 g/mol. The van der Waals surface area contributed by atoms with E-state index in [1.54, 1.807) is 0 Å². The Balaban J connectivity index is 1.78. The normalized spacial score (nSPS) is 10.7. The molecule has 0 aliphatic rings. The summed E-state index contributed by atoms with van der Waals surface area (Å²) in [5.74, 6) is 0.882. The van der Waals surface area contributed by atoms with Gasteiger partial charge in [0.25, 0.3) is 0 Å². The summed E-state index contributed by atoms with van der Waals surface area (Å²) < 4.78 is 5.71. The first kappa shape index (κ1) is 17.8. The summed E-state index contributed by atoms with van der Waals surface area (Å²) in [6, 6.07) is 17.6. The van der Waals surface area contributed by atoms with Crippen LogP contribution in [-0.2, 0) is 0 Å². The number of nitrogens with zero attached hydrogens (tertiary/aromatic N) is 1. The second kappa shape index (κ2) is 10.3. The molecule has 0 aromatic heterocycles. The van der Waals surface area contributed by atoms with Gasteiger partial charge in [0.15, 0.2) is 0 Å². The molecule has 0 amide bonds. The quantitative estimate of drug-likeness (QED) is 0.540. The van der Waals surface area contributed by atoms with Gasteiger partial charge in [-0.1, -0.05) is 42.8 Å². The van der Waals surface area contributed by atoms with Gasteiger partial charge in [-0.3, -0.25) is 0 Å². The molecule has 2 aromatic rings. The zero-order chi connectivity index (χ0) is 17.0. The van der Waals surface area contributed by atoms with E-state index in [2.05, 4.69) is 6.07 Å². The van der Waals surface area contributed by atoms with E-state index in [4.69, 9.17) is 15.1 Å². The molecule has 1 N–H and O–H groups in total. The molecule has 0 atom stereocenters. The molecular formula is C21H23NO2. The molecule has 0 aliphatic heterocycles. The van der Waals surface area contributed by atoms with Gasteiger partial charge in [0, 0.05) is 6.61 Å². The topological polar surface area (TPSA) is 53.2 Å². The van der Waals surface area contributed by atoms with E-state index in [0.29, 0.717) is 12.2 Å². The van der Waals surface area contributed by atoms with Crippen LogP contribution in [0.2, 0.25) is 0 Å². The summed E-state index contributed by atoms with van der Waals surface area (Å²) in [7, 11) is 0. The average Bonchev–Trinajstić information content (AvgIpc) is 2.64. The molecule has 3 nitrogen and oxygen atoms in total. The lowest BCUT2D eigenvalue weighted by atomic mass is 10.1. The van der Waals surface area contributed by atoms with Crippen LogP contribution >= 0.6 is 0 Å². The lowest BCUT2D eigenvalue weighted by Crippen LogP contribution is -1.97. The molecule has 124 valence electrons. The molecule has 0 bridgehead atoms. The van der Waals surface area contributed by atoms with Gasteiger partial charge in [-0.15, -0.1) is 0 Å². The SMILES string of the molecule is N#Cc1ccc(C=Cc2ccc(OCCCCCCO)cc2)cc1. The van der Waals surface area contributed by atoms with E-state index in [9.17, 15) is 0 Å². The smallest absolute Gasteiger partial charge is 0.119 e. The Hall–Kier alpha value is -2.57. The average molecular weight is 321 g/mol. The predicted molar refractivity (Wildman–Crippen MR) is 97.6 cm³/mol. The van der Waals surface area contributed by atoms with Crippen LogP contribution in [0.1, 0.15) is 42.4 Å². The van der Waals surface area contributed by atoms with Gasteiger partial charge >= 0.3 is 0 Å². The molecule has 3 heteroatoms. The van der Waals surface area contributed by atoms with E-state index in [0.717, 1.165) is 42.6 Å². The van der Waals surface area contributed by atoms with Crippen LogP contribution in [0.15, 0.2) is 48.5 Å². The minimum atomic E-state index is 0.276. The molecule has 0 saturated carbocycles. The van der Waals surface area contributed by atoms with Crippen molar-refractivity contribution in [2.45, 2.75) is 25.7 Å². The Morgan fingerprint density at radius 2 is 1.42 bits per heavy atom. The second-order valence-corrected chi connectivity index (χ2v) is 5.62. The van der Waals surface area contributed by atoms with Crippen molar-refractivity contribution in [3.63, 3.8) is 0 Å². The summed E-state index contributed by atoms with van der Waals surface area (Å²) >= 11 is 0. The van der Waals surface area contributed by atoms with Crippen LogP contribution in [0.3, 0.4) is 0 Å². The molecule has 0 saturated heterocycles. The molecule has 2 rings (SSSR count). The zero-order valence-electron chi connectivity index (χ0n) is 13.8. The minimum absolute atomic E-state index is 0.276. The summed E-state index contributed by atoms with van der Waals surface area (Å²) in [5, 5.41) is 17.5. The molecule has 0 radical (unpaired) electrons. The van der Waals surface area contributed by atoms with Crippen molar-refractivity contribution in [3.8, 4) is 11.8 Å². The molecule has 2 aromatic carbocycles. The molecule has 0 spiro atoms. The Morgan fingerprint density at radius 3 is 2.00 bits per heavy atom. The summed E-state index contributed by atoms with van der Waals surface area (Å²) in [5.41, 5.74) is 2.84. The van der Waals surface area contributed by atoms with Crippen LogP contribution < -0.4 is 4.74 Å². The van der Waals surface area contributed by atoms with Crippen molar-refractivity contribution >= 4 is 12.2 Å². The Kier molecular flexibility index (Phi) is 7.59. The van der Waals surface area contributed by atoms with E-state index in [1.165, 1.54) is 0 Å². The van der Waals surface area contributed by atoms with Crippen LogP contribution in [0.5, 0.6) is 5.75 Å². The highest BCUT2D eigenvalue weighted by molar-refractivity contribution is 5.70. The van der Waals surface area contributed by atoms with Crippen LogP contribution in [0.25, 0.3) is 12.2 Å². The number of unbranched alkanes of at least 4 members (excludes halogenated alkanes) is 3. The first-order chi connectivity index (χ1) is 11.8. The van der Waals surface area contributed by atoms with Gasteiger partial charge in [-0.2, -0.15) is 5.26 Å². The Bertz CT molecular complexity index is 666. The number of hydrogen-bond donors (Lipinski definition) is 1. The van der Waals surface area contributed by atoms with Crippen molar-refractivity contribution in [1.82, 2.24) is 0 Å². The number of rotatable bonds is 9. The Labute approximate surface area is 143 Å². The molecule has 24 heavy (non-hydrogen) atoms. The number of aliphatic hydroxyl groups is 1. The fraction of sp³-hybridized carbons (Fsp3) is 0.286. The highest BCUT2D eigenvalue weighted by atomic mass is 16.5. The van der Waals surface area contributed by atoms with Gasteiger partial charge in [0.1, 0.15) is 5.75 Å². The fourth-order valence-corrected chi connectivity index (χ4v) is 2.29. The van der Waals surface area contributed by atoms with Crippen molar-refractivity contribution in [2.24, 2.45) is 0 Å². The molecule has 0 fully saturated rings. The van der Waals surface area contributed by atoms with Crippen LogP contribution in [0.4, 0.5) is 0 Å². The first-order valence-electron chi connectivity index (χ1n) is 8.34. The maximum absolute atomic E-state index is 8.79. The van der Waals surface area contributed by atoms with Crippen molar-refractivity contribution in [2.75, 3.05) is 13.2 Å². The van der Waals surface area contributed by atoms with Gasteiger partial charge in [0.05, 0.1) is 18.2 Å². The predicted octanol–water partition coefficient (Wildman–Crippen LogP) is 4.66. The third kappa shape index (κ3) is 6.28. The maximum atomic E-state index is 8.79. The summed E-state index contributed by atoms with van der Waals surface area (Å²) in [6.07, 6.45) is 8.10. The highest BCUT2D eigenvalue weighted by Crippen LogP contribution is 2.15.